The van der Waals surface area contributed by atoms with Gasteiger partial charge in [0.1, 0.15) is 0 Å². The number of aryl methyl sites for hydroxylation is 1. The molecule has 2 atom stereocenters. The predicted octanol–water partition coefficient (Wildman–Crippen LogP) is 4.93. The average molecular weight is 413 g/mol. The number of hydrogen-bond acceptors (Lipinski definition) is 2. The van der Waals surface area contributed by atoms with Gasteiger partial charge in [-0.25, -0.2) is 4.68 Å². The van der Waals surface area contributed by atoms with Crippen LogP contribution in [0.3, 0.4) is 0 Å². The zero-order chi connectivity index (χ0) is 21.5. The minimum absolute atomic E-state index is 0.203. The van der Waals surface area contributed by atoms with E-state index >= 15 is 0 Å². The molecule has 3 aromatic rings. The van der Waals surface area contributed by atoms with Crippen LogP contribution >= 0.6 is 0 Å². The molecule has 1 saturated carbocycles. The van der Waals surface area contributed by atoms with Crippen molar-refractivity contribution in [1.82, 2.24) is 15.1 Å². The molecule has 1 amide bonds. The van der Waals surface area contributed by atoms with E-state index in [0.717, 1.165) is 28.7 Å². The molecule has 0 bridgehead atoms. The van der Waals surface area contributed by atoms with Crippen LogP contribution in [0, 0.1) is 19.8 Å². The van der Waals surface area contributed by atoms with E-state index in [-0.39, 0.29) is 11.5 Å². The van der Waals surface area contributed by atoms with Gasteiger partial charge in [0.2, 0.25) is 5.91 Å². The van der Waals surface area contributed by atoms with Crippen molar-refractivity contribution in [1.29, 1.82) is 0 Å². The highest BCUT2D eigenvalue weighted by atomic mass is 19.4. The molecule has 2 aromatic carbocycles. The fourth-order valence-corrected chi connectivity index (χ4v) is 3.96. The van der Waals surface area contributed by atoms with Gasteiger partial charge in [-0.05, 0) is 49.9 Å². The van der Waals surface area contributed by atoms with Crippen molar-refractivity contribution in [3.8, 4) is 5.69 Å². The third-order valence-corrected chi connectivity index (χ3v) is 5.67. The van der Waals surface area contributed by atoms with Crippen molar-refractivity contribution >= 4 is 5.91 Å². The fourth-order valence-electron chi connectivity index (χ4n) is 3.96. The largest absolute Gasteiger partial charge is 0.416 e. The number of carbonyl (C=O) groups is 1. The van der Waals surface area contributed by atoms with Crippen molar-refractivity contribution in [2.24, 2.45) is 5.92 Å². The minimum atomic E-state index is -4.42. The molecule has 0 saturated heterocycles. The lowest BCUT2D eigenvalue weighted by Gasteiger charge is -2.12. The Hall–Kier alpha value is -3.09. The van der Waals surface area contributed by atoms with Gasteiger partial charge in [0.15, 0.2) is 0 Å². The number of carbonyl (C=O) groups excluding carboxylic acids is 1. The summed E-state index contributed by atoms with van der Waals surface area (Å²) in [4.78, 5) is 12.6. The Morgan fingerprint density at radius 1 is 1.10 bits per heavy atom. The molecular formula is C23H22F3N3O. The van der Waals surface area contributed by atoms with Gasteiger partial charge >= 0.3 is 6.18 Å². The lowest BCUT2D eigenvalue weighted by molar-refractivity contribution is -0.138. The maximum atomic E-state index is 13.3. The quantitative estimate of drug-likeness (QED) is 0.645. The van der Waals surface area contributed by atoms with Crippen LogP contribution in [-0.2, 0) is 17.5 Å². The summed E-state index contributed by atoms with van der Waals surface area (Å²) in [6, 6.07) is 15.2. The standard InChI is InChI=1S/C23H22F3N3O/c1-14-20(15(2)29(28-14)16-8-4-3-5-9-16)13-27-22(30)19-12-18(19)17-10-6-7-11-21(17)23(24,25)26/h3-11,18-19H,12-13H2,1-2H3,(H,27,30). The zero-order valence-corrected chi connectivity index (χ0v) is 16.7. The first-order valence-electron chi connectivity index (χ1n) is 9.81. The van der Waals surface area contributed by atoms with Gasteiger partial charge < -0.3 is 5.32 Å². The maximum Gasteiger partial charge on any atom is 0.416 e. The molecule has 0 radical (unpaired) electrons. The maximum absolute atomic E-state index is 13.3. The number of halogens is 3. The molecule has 4 nitrogen and oxygen atoms in total. The highest BCUT2D eigenvalue weighted by Gasteiger charge is 2.47. The van der Waals surface area contributed by atoms with E-state index in [1.807, 2.05) is 48.9 Å². The summed E-state index contributed by atoms with van der Waals surface area (Å²) in [5.41, 5.74) is 3.14. The smallest absolute Gasteiger partial charge is 0.352 e. The van der Waals surface area contributed by atoms with Crippen LogP contribution < -0.4 is 5.32 Å². The lowest BCUT2D eigenvalue weighted by Crippen LogP contribution is -2.25. The first-order chi connectivity index (χ1) is 14.3. The summed E-state index contributed by atoms with van der Waals surface area (Å²) in [6.07, 6.45) is -3.99. The van der Waals surface area contributed by atoms with Crippen molar-refractivity contribution in [2.75, 3.05) is 0 Å². The van der Waals surface area contributed by atoms with E-state index in [1.165, 1.54) is 12.1 Å². The van der Waals surface area contributed by atoms with Crippen LogP contribution in [0.1, 0.15) is 40.4 Å². The topological polar surface area (TPSA) is 46.9 Å². The summed E-state index contributed by atoms with van der Waals surface area (Å²) in [6.45, 7) is 4.12. The van der Waals surface area contributed by atoms with Crippen LogP contribution in [0.2, 0.25) is 0 Å². The summed E-state index contributed by atoms with van der Waals surface area (Å²) >= 11 is 0. The molecule has 1 aliphatic carbocycles. The van der Waals surface area contributed by atoms with Crippen molar-refractivity contribution in [3.63, 3.8) is 0 Å². The molecule has 1 aliphatic rings. The van der Waals surface area contributed by atoms with E-state index in [1.54, 1.807) is 6.07 Å². The third kappa shape index (κ3) is 3.84. The van der Waals surface area contributed by atoms with E-state index < -0.39 is 23.6 Å². The van der Waals surface area contributed by atoms with Crippen molar-refractivity contribution in [3.05, 3.63) is 82.7 Å². The average Bonchev–Trinajstić information content (AvgIpc) is 3.47. The number of amides is 1. The fraction of sp³-hybridized carbons (Fsp3) is 0.304. The van der Waals surface area contributed by atoms with E-state index in [2.05, 4.69) is 10.4 Å². The first-order valence-corrected chi connectivity index (χ1v) is 9.81. The lowest BCUT2D eigenvalue weighted by atomic mass is 10.0. The van der Waals surface area contributed by atoms with Crippen LogP contribution in [0.15, 0.2) is 54.6 Å². The number of para-hydroxylation sites is 1. The number of nitrogens with one attached hydrogen (secondary N) is 1. The van der Waals surface area contributed by atoms with Crippen molar-refractivity contribution < 1.29 is 18.0 Å². The number of benzene rings is 2. The molecule has 30 heavy (non-hydrogen) atoms. The molecule has 4 rings (SSSR count). The van der Waals surface area contributed by atoms with Gasteiger partial charge in [0.05, 0.1) is 16.9 Å². The Balaban J connectivity index is 1.45. The second-order valence-electron chi connectivity index (χ2n) is 7.65. The SMILES string of the molecule is Cc1nn(-c2ccccc2)c(C)c1CNC(=O)C1CC1c1ccccc1C(F)(F)F. The van der Waals surface area contributed by atoms with Gasteiger partial charge in [-0.15, -0.1) is 0 Å². The van der Waals surface area contributed by atoms with Gasteiger partial charge in [-0.2, -0.15) is 18.3 Å². The van der Waals surface area contributed by atoms with Crippen LogP contribution in [0.4, 0.5) is 13.2 Å². The molecule has 0 aliphatic heterocycles. The number of nitrogens with zero attached hydrogens (tertiary/aromatic N) is 2. The van der Waals surface area contributed by atoms with E-state index in [9.17, 15) is 18.0 Å². The van der Waals surface area contributed by atoms with Gasteiger partial charge in [-0.1, -0.05) is 36.4 Å². The van der Waals surface area contributed by atoms with Crippen LogP contribution in [0.25, 0.3) is 5.69 Å². The molecule has 0 spiro atoms. The van der Waals surface area contributed by atoms with Gasteiger partial charge in [0, 0.05) is 23.7 Å². The monoisotopic (exact) mass is 413 g/mol. The Labute approximate surface area is 172 Å². The minimum Gasteiger partial charge on any atom is -0.352 e. The molecule has 2 unspecified atom stereocenters. The van der Waals surface area contributed by atoms with Crippen LogP contribution in [0.5, 0.6) is 0 Å². The van der Waals surface area contributed by atoms with Crippen molar-refractivity contribution in [2.45, 2.75) is 38.9 Å². The molecule has 1 N–H and O–H groups in total. The molecule has 7 heteroatoms. The zero-order valence-electron chi connectivity index (χ0n) is 16.7. The summed E-state index contributed by atoms with van der Waals surface area (Å²) < 4.78 is 41.6. The Kier molecular flexibility index (Phi) is 5.13. The van der Waals surface area contributed by atoms with Crippen LogP contribution in [-0.4, -0.2) is 15.7 Å². The van der Waals surface area contributed by atoms with E-state index in [4.69, 9.17) is 0 Å². The first kappa shape index (κ1) is 20.2. The van der Waals surface area contributed by atoms with Gasteiger partial charge in [-0.3, -0.25) is 4.79 Å². The number of hydrogen-bond donors (Lipinski definition) is 1. The summed E-state index contributed by atoms with van der Waals surface area (Å²) in [5, 5.41) is 7.45. The second-order valence-corrected chi connectivity index (χ2v) is 7.65. The Bertz CT molecular complexity index is 1070. The Morgan fingerprint density at radius 3 is 2.47 bits per heavy atom. The highest BCUT2D eigenvalue weighted by Crippen LogP contribution is 2.51. The van der Waals surface area contributed by atoms with E-state index in [0.29, 0.717) is 13.0 Å². The van der Waals surface area contributed by atoms with Gasteiger partial charge in [0.25, 0.3) is 0 Å². The normalized spacial score (nSPS) is 18.3. The number of rotatable bonds is 5. The third-order valence-electron chi connectivity index (χ3n) is 5.67. The molecule has 1 heterocycles. The number of alkyl halides is 3. The molecule has 1 fully saturated rings. The summed E-state index contributed by atoms with van der Waals surface area (Å²) in [5.74, 6) is -1.04. The Morgan fingerprint density at radius 2 is 1.77 bits per heavy atom. The second kappa shape index (κ2) is 7.63. The molecule has 1 aromatic heterocycles. The highest BCUT2D eigenvalue weighted by molar-refractivity contribution is 5.83. The molecule has 156 valence electrons. The summed E-state index contributed by atoms with van der Waals surface area (Å²) in [7, 11) is 0. The number of aromatic nitrogens is 2. The molecular weight excluding hydrogens is 391 g/mol. The predicted molar refractivity (Wildman–Crippen MR) is 107 cm³/mol.